The molecular weight excluding hydrogens is 264 g/mol. The Balaban J connectivity index is 2.19. The van der Waals surface area contributed by atoms with Gasteiger partial charge in [-0.3, -0.25) is 20.0 Å². The standard InChI is InChI=1S/C12H12N4O4/c1-7-8(6-14-15-7)5-13-12(18)10-4-9(17)2-3-11(10)16(19)20/h2-4,6,17H,5H2,1H3,(H,13,18)(H,14,15). The maximum Gasteiger partial charge on any atom is 0.282 e. The summed E-state index contributed by atoms with van der Waals surface area (Å²) in [6.45, 7) is 1.99. The molecule has 0 aliphatic rings. The molecule has 1 amide bonds. The highest BCUT2D eigenvalue weighted by molar-refractivity contribution is 5.98. The number of carbonyl (C=O) groups is 1. The summed E-state index contributed by atoms with van der Waals surface area (Å²) in [7, 11) is 0. The first-order valence-electron chi connectivity index (χ1n) is 5.73. The van der Waals surface area contributed by atoms with Crippen LogP contribution in [-0.2, 0) is 6.54 Å². The van der Waals surface area contributed by atoms with Gasteiger partial charge in [0.15, 0.2) is 0 Å². The van der Waals surface area contributed by atoms with Gasteiger partial charge in [-0.15, -0.1) is 0 Å². The van der Waals surface area contributed by atoms with E-state index in [0.717, 1.165) is 29.5 Å². The average molecular weight is 276 g/mol. The number of amides is 1. The van der Waals surface area contributed by atoms with Crippen molar-refractivity contribution in [2.75, 3.05) is 0 Å². The first-order valence-corrected chi connectivity index (χ1v) is 5.73. The zero-order valence-corrected chi connectivity index (χ0v) is 10.6. The van der Waals surface area contributed by atoms with Gasteiger partial charge in [0.2, 0.25) is 0 Å². The molecule has 3 N–H and O–H groups in total. The molecule has 0 spiro atoms. The fraction of sp³-hybridized carbons (Fsp3) is 0.167. The van der Waals surface area contributed by atoms with Crippen LogP contribution in [0.5, 0.6) is 5.75 Å². The molecule has 0 bridgehead atoms. The summed E-state index contributed by atoms with van der Waals surface area (Å²) in [5, 5.41) is 29.3. The van der Waals surface area contributed by atoms with E-state index < -0.39 is 10.8 Å². The number of nitrogens with one attached hydrogen (secondary N) is 2. The maximum atomic E-state index is 12.0. The zero-order chi connectivity index (χ0) is 14.7. The number of benzene rings is 1. The molecular formula is C12H12N4O4. The largest absolute Gasteiger partial charge is 0.508 e. The lowest BCUT2D eigenvalue weighted by Crippen LogP contribution is -2.23. The molecule has 1 aromatic carbocycles. The lowest BCUT2D eigenvalue weighted by Gasteiger charge is -2.05. The average Bonchev–Trinajstić information content (AvgIpc) is 2.81. The Kier molecular flexibility index (Phi) is 3.65. The zero-order valence-electron chi connectivity index (χ0n) is 10.6. The fourth-order valence-corrected chi connectivity index (χ4v) is 1.69. The van der Waals surface area contributed by atoms with Crippen LogP contribution < -0.4 is 5.32 Å². The van der Waals surface area contributed by atoms with Crippen molar-refractivity contribution in [1.82, 2.24) is 15.5 Å². The number of aromatic nitrogens is 2. The normalized spacial score (nSPS) is 10.2. The van der Waals surface area contributed by atoms with Gasteiger partial charge in [0.05, 0.1) is 11.1 Å². The van der Waals surface area contributed by atoms with Crippen molar-refractivity contribution in [3.8, 4) is 5.75 Å². The number of phenols is 1. The second kappa shape index (κ2) is 5.39. The predicted octanol–water partition coefficient (Wildman–Crippen LogP) is 1.26. The number of hydrogen-bond donors (Lipinski definition) is 3. The van der Waals surface area contributed by atoms with Crippen LogP contribution in [0, 0.1) is 17.0 Å². The Morgan fingerprint density at radius 2 is 2.30 bits per heavy atom. The smallest absolute Gasteiger partial charge is 0.282 e. The fourth-order valence-electron chi connectivity index (χ4n) is 1.69. The number of phenolic OH excluding ortho intramolecular Hbond substituents is 1. The number of aryl methyl sites for hydroxylation is 1. The summed E-state index contributed by atoms with van der Waals surface area (Å²) in [6.07, 6.45) is 1.56. The monoisotopic (exact) mass is 276 g/mol. The minimum Gasteiger partial charge on any atom is -0.508 e. The second-order valence-corrected chi connectivity index (χ2v) is 4.16. The van der Waals surface area contributed by atoms with E-state index in [1.54, 1.807) is 13.1 Å². The van der Waals surface area contributed by atoms with Crippen molar-refractivity contribution in [1.29, 1.82) is 0 Å². The third-order valence-electron chi connectivity index (χ3n) is 2.80. The van der Waals surface area contributed by atoms with E-state index >= 15 is 0 Å². The van der Waals surface area contributed by atoms with Crippen molar-refractivity contribution in [3.63, 3.8) is 0 Å². The summed E-state index contributed by atoms with van der Waals surface area (Å²) in [4.78, 5) is 22.2. The summed E-state index contributed by atoms with van der Waals surface area (Å²) < 4.78 is 0. The Morgan fingerprint density at radius 3 is 2.90 bits per heavy atom. The van der Waals surface area contributed by atoms with Gasteiger partial charge in [0.1, 0.15) is 11.3 Å². The van der Waals surface area contributed by atoms with E-state index in [1.807, 2.05) is 0 Å². The van der Waals surface area contributed by atoms with Crippen molar-refractivity contribution < 1.29 is 14.8 Å². The minimum absolute atomic E-state index is 0.184. The molecule has 0 aliphatic heterocycles. The number of H-pyrrole nitrogens is 1. The van der Waals surface area contributed by atoms with Crippen molar-refractivity contribution in [2.24, 2.45) is 0 Å². The highest BCUT2D eigenvalue weighted by Gasteiger charge is 2.20. The van der Waals surface area contributed by atoms with Gasteiger partial charge in [-0.2, -0.15) is 5.10 Å². The third-order valence-corrected chi connectivity index (χ3v) is 2.80. The molecule has 0 aliphatic carbocycles. The second-order valence-electron chi connectivity index (χ2n) is 4.16. The van der Waals surface area contributed by atoms with Crippen LogP contribution in [0.3, 0.4) is 0 Å². The number of nitro benzene ring substituents is 1. The summed E-state index contributed by atoms with van der Waals surface area (Å²) >= 11 is 0. The highest BCUT2D eigenvalue weighted by Crippen LogP contribution is 2.23. The molecule has 8 heteroatoms. The molecule has 2 aromatic rings. The van der Waals surface area contributed by atoms with Gasteiger partial charge in [0, 0.05) is 23.9 Å². The van der Waals surface area contributed by atoms with E-state index in [1.165, 1.54) is 0 Å². The molecule has 104 valence electrons. The van der Waals surface area contributed by atoms with Gasteiger partial charge < -0.3 is 10.4 Å². The van der Waals surface area contributed by atoms with Gasteiger partial charge >= 0.3 is 0 Å². The van der Waals surface area contributed by atoms with Crippen LogP contribution in [-0.4, -0.2) is 26.1 Å². The third kappa shape index (κ3) is 2.74. The summed E-state index contributed by atoms with van der Waals surface area (Å²) in [5.74, 6) is -0.839. The SMILES string of the molecule is Cc1[nH]ncc1CNC(=O)c1cc(O)ccc1[N+](=O)[O-]. The van der Waals surface area contributed by atoms with E-state index in [9.17, 15) is 20.0 Å². The predicted molar refractivity (Wildman–Crippen MR) is 69.3 cm³/mol. The molecule has 0 fully saturated rings. The van der Waals surface area contributed by atoms with Crippen LogP contribution >= 0.6 is 0 Å². The Labute approximate surface area is 113 Å². The molecule has 0 radical (unpaired) electrons. The molecule has 0 saturated heterocycles. The number of nitro groups is 1. The lowest BCUT2D eigenvalue weighted by atomic mass is 10.1. The molecule has 1 heterocycles. The molecule has 0 saturated carbocycles. The number of aromatic amines is 1. The number of aromatic hydroxyl groups is 1. The molecule has 20 heavy (non-hydrogen) atoms. The van der Waals surface area contributed by atoms with E-state index in [2.05, 4.69) is 15.5 Å². The molecule has 8 nitrogen and oxygen atoms in total. The van der Waals surface area contributed by atoms with Gasteiger partial charge in [-0.1, -0.05) is 0 Å². The van der Waals surface area contributed by atoms with Gasteiger partial charge in [-0.05, 0) is 19.1 Å². The first-order chi connectivity index (χ1) is 9.49. The van der Waals surface area contributed by atoms with E-state index in [-0.39, 0.29) is 23.5 Å². The molecule has 0 atom stereocenters. The summed E-state index contributed by atoms with van der Waals surface area (Å²) in [6, 6.07) is 3.32. The Hall–Kier alpha value is -2.90. The molecule has 1 aromatic heterocycles. The number of nitrogens with zero attached hydrogens (tertiary/aromatic N) is 2. The molecule has 2 rings (SSSR count). The van der Waals surface area contributed by atoms with Gasteiger partial charge in [0.25, 0.3) is 11.6 Å². The maximum absolute atomic E-state index is 12.0. The number of rotatable bonds is 4. The van der Waals surface area contributed by atoms with Crippen molar-refractivity contribution in [2.45, 2.75) is 13.5 Å². The van der Waals surface area contributed by atoms with E-state index in [4.69, 9.17) is 0 Å². The number of hydrogen-bond acceptors (Lipinski definition) is 5. The van der Waals surface area contributed by atoms with Crippen LogP contribution in [0.4, 0.5) is 5.69 Å². The van der Waals surface area contributed by atoms with Crippen LogP contribution in [0.25, 0.3) is 0 Å². The Bertz CT molecular complexity index is 665. The number of carbonyl (C=O) groups excluding carboxylic acids is 1. The van der Waals surface area contributed by atoms with Crippen LogP contribution in [0.2, 0.25) is 0 Å². The van der Waals surface area contributed by atoms with Gasteiger partial charge in [-0.25, -0.2) is 0 Å². The lowest BCUT2D eigenvalue weighted by molar-refractivity contribution is -0.385. The van der Waals surface area contributed by atoms with Crippen molar-refractivity contribution >= 4 is 11.6 Å². The summed E-state index contributed by atoms with van der Waals surface area (Å²) in [5.41, 5.74) is 1.04. The first kappa shape index (κ1) is 13.5. The van der Waals surface area contributed by atoms with Crippen LogP contribution in [0.15, 0.2) is 24.4 Å². The van der Waals surface area contributed by atoms with E-state index in [0.29, 0.717) is 0 Å². The highest BCUT2D eigenvalue weighted by atomic mass is 16.6. The quantitative estimate of drug-likeness (QED) is 0.573. The minimum atomic E-state index is -0.669. The topological polar surface area (TPSA) is 121 Å². The van der Waals surface area contributed by atoms with Crippen LogP contribution in [0.1, 0.15) is 21.6 Å². The van der Waals surface area contributed by atoms with Crippen molar-refractivity contribution in [3.05, 3.63) is 51.3 Å². The Morgan fingerprint density at radius 1 is 1.55 bits per heavy atom. The molecule has 0 unspecified atom stereocenters.